The number of hydrogen-bond acceptors (Lipinski definition) is 4. The molecular formula is C16H35N3O. The molecular weight excluding hydrogens is 250 g/mol. The van der Waals surface area contributed by atoms with Crippen molar-refractivity contribution < 1.29 is 5.11 Å². The normalized spacial score (nSPS) is 25.1. The van der Waals surface area contributed by atoms with Crippen LogP contribution in [0.4, 0.5) is 0 Å². The Kier molecular flexibility index (Phi) is 7.45. The molecule has 0 aromatic heterocycles. The second-order valence-electron chi connectivity index (χ2n) is 7.12. The monoisotopic (exact) mass is 285 g/mol. The van der Waals surface area contributed by atoms with Crippen LogP contribution in [0.5, 0.6) is 0 Å². The van der Waals surface area contributed by atoms with E-state index in [0.717, 1.165) is 6.42 Å². The summed E-state index contributed by atoms with van der Waals surface area (Å²) in [6, 6.07) is 1.09. The van der Waals surface area contributed by atoms with Crippen molar-refractivity contribution >= 4 is 0 Å². The molecule has 0 aromatic rings. The maximum atomic E-state index is 9.58. The molecule has 0 spiro atoms. The van der Waals surface area contributed by atoms with E-state index in [9.17, 15) is 5.11 Å². The van der Waals surface area contributed by atoms with Gasteiger partial charge in [-0.3, -0.25) is 4.90 Å². The quantitative estimate of drug-likeness (QED) is 0.664. The van der Waals surface area contributed by atoms with Gasteiger partial charge in [0.1, 0.15) is 0 Å². The number of aliphatic hydroxyl groups is 1. The van der Waals surface area contributed by atoms with Crippen molar-refractivity contribution in [1.29, 1.82) is 0 Å². The number of rotatable bonds is 8. The Morgan fingerprint density at radius 2 is 2.00 bits per heavy atom. The van der Waals surface area contributed by atoms with Crippen molar-refractivity contribution in [3.63, 3.8) is 0 Å². The Hall–Kier alpha value is -0.160. The lowest BCUT2D eigenvalue weighted by Gasteiger charge is -2.38. The summed E-state index contributed by atoms with van der Waals surface area (Å²) in [6.45, 7) is 13.7. The van der Waals surface area contributed by atoms with Gasteiger partial charge in [-0.15, -0.1) is 0 Å². The zero-order valence-electron chi connectivity index (χ0n) is 14.2. The summed E-state index contributed by atoms with van der Waals surface area (Å²) in [5.74, 6) is 0. The number of likely N-dealkylation sites (N-methyl/N-ethyl adjacent to an activating group) is 1. The second kappa shape index (κ2) is 8.32. The zero-order chi connectivity index (χ0) is 15.2. The Morgan fingerprint density at radius 1 is 1.30 bits per heavy atom. The standard InChI is InChI=1S/C16H35N3O/c1-14(2)17-16(4,13-20)8-6-7-9-19-11-10-18(5)12-15(19)3/h14-15,17,20H,6-13H2,1-5H3. The first-order valence-corrected chi connectivity index (χ1v) is 8.17. The van der Waals surface area contributed by atoms with E-state index in [1.165, 1.54) is 39.0 Å². The van der Waals surface area contributed by atoms with Gasteiger partial charge >= 0.3 is 0 Å². The van der Waals surface area contributed by atoms with Crippen molar-refractivity contribution in [3.05, 3.63) is 0 Å². The lowest BCUT2D eigenvalue weighted by molar-refractivity contribution is 0.0960. The highest BCUT2D eigenvalue weighted by molar-refractivity contribution is 4.84. The maximum Gasteiger partial charge on any atom is 0.0610 e. The van der Waals surface area contributed by atoms with E-state index >= 15 is 0 Å². The molecule has 2 atom stereocenters. The molecule has 0 amide bonds. The van der Waals surface area contributed by atoms with Gasteiger partial charge in [-0.1, -0.05) is 20.3 Å². The van der Waals surface area contributed by atoms with Crippen molar-refractivity contribution in [1.82, 2.24) is 15.1 Å². The number of aliphatic hydroxyl groups excluding tert-OH is 1. The van der Waals surface area contributed by atoms with Crippen LogP contribution >= 0.6 is 0 Å². The molecule has 4 nitrogen and oxygen atoms in total. The van der Waals surface area contributed by atoms with Crippen molar-refractivity contribution in [2.75, 3.05) is 39.8 Å². The van der Waals surface area contributed by atoms with Gasteiger partial charge < -0.3 is 15.3 Å². The van der Waals surface area contributed by atoms with E-state index in [4.69, 9.17) is 0 Å². The van der Waals surface area contributed by atoms with Gasteiger partial charge in [0.2, 0.25) is 0 Å². The van der Waals surface area contributed by atoms with E-state index < -0.39 is 0 Å². The molecule has 2 N–H and O–H groups in total. The molecule has 0 saturated carbocycles. The third-order valence-electron chi connectivity index (χ3n) is 4.38. The number of hydrogen-bond donors (Lipinski definition) is 2. The maximum absolute atomic E-state index is 9.58. The van der Waals surface area contributed by atoms with E-state index in [1.54, 1.807) is 0 Å². The third kappa shape index (κ3) is 6.08. The van der Waals surface area contributed by atoms with Gasteiger partial charge in [0.15, 0.2) is 0 Å². The Bertz CT molecular complexity index is 272. The van der Waals surface area contributed by atoms with E-state index in [0.29, 0.717) is 12.1 Å². The first-order valence-electron chi connectivity index (χ1n) is 8.17. The summed E-state index contributed by atoms with van der Waals surface area (Å²) in [6.07, 6.45) is 3.45. The molecule has 0 radical (unpaired) electrons. The largest absolute Gasteiger partial charge is 0.394 e. The highest BCUT2D eigenvalue weighted by Gasteiger charge is 2.24. The van der Waals surface area contributed by atoms with Crippen LogP contribution in [-0.4, -0.2) is 72.4 Å². The fourth-order valence-corrected chi connectivity index (χ4v) is 3.23. The third-order valence-corrected chi connectivity index (χ3v) is 4.38. The van der Waals surface area contributed by atoms with Crippen molar-refractivity contribution in [3.8, 4) is 0 Å². The minimum absolute atomic E-state index is 0.123. The van der Waals surface area contributed by atoms with E-state index in [1.807, 2.05) is 0 Å². The van der Waals surface area contributed by atoms with E-state index in [2.05, 4.69) is 49.9 Å². The van der Waals surface area contributed by atoms with Gasteiger partial charge in [-0.25, -0.2) is 0 Å². The summed E-state index contributed by atoms with van der Waals surface area (Å²) in [5, 5.41) is 13.1. The first kappa shape index (κ1) is 17.9. The molecule has 0 bridgehead atoms. The molecule has 4 heteroatoms. The molecule has 0 aliphatic carbocycles. The predicted octanol–water partition coefficient (Wildman–Crippen LogP) is 1.54. The molecule has 1 aliphatic heterocycles. The molecule has 1 rings (SSSR count). The molecule has 1 fully saturated rings. The first-order chi connectivity index (χ1) is 9.36. The smallest absolute Gasteiger partial charge is 0.0610 e. The van der Waals surface area contributed by atoms with Crippen LogP contribution < -0.4 is 5.32 Å². The fraction of sp³-hybridized carbons (Fsp3) is 1.00. The van der Waals surface area contributed by atoms with Crippen LogP contribution in [0.25, 0.3) is 0 Å². The summed E-state index contributed by atoms with van der Waals surface area (Å²) in [7, 11) is 2.21. The molecule has 1 aliphatic rings. The SMILES string of the molecule is CC(C)NC(C)(CO)CCCCN1CCN(C)CC1C. The summed E-state index contributed by atoms with van der Waals surface area (Å²) in [4.78, 5) is 5.02. The lowest BCUT2D eigenvalue weighted by Crippen LogP contribution is -2.51. The summed E-state index contributed by atoms with van der Waals surface area (Å²) < 4.78 is 0. The predicted molar refractivity (Wildman–Crippen MR) is 86.1 cm³/mol. The molecule has 120 valence electrons. The van der Waals surface area contributed by atoms with Crippen LogP contribution in [0, 0.1) is 0 Å². The minimum Gasteiger partial charge on any atom is -0.394 e. The molecule has 1 saturated heterocycles. The van der Waals surface area contributed by atoms with Crippen molar-refractivity contribution in [2.45, 2.75) is 64.6 Å². The average molecular weight is 285 g/mol. The van der Waals surface area contributed by atoms with Gasteiger partial charge in [-0.2, -0.15) is 0 Å². The number of nitrogens with zero attached hydrogens (tertiary/aromatic N) is 2. The van der Waals surface area contributed by atoms with Gasteiger partial charge in [0.05, 0.1) is 6.61 Å². The lowest BCUT2D eigenvalue weighted by atomic mass is 9.94. The fourth-order valence-electron chi connectivity index (χ4n) is 3.23. The molecule has 1 heterocycles. The zero-order valence-corrected chi connectivity index (χ0v) is 14.2. The molecule has 2 unspecified atom stereocenters. The van der Waals surface area contributed by atoms with Crippen LogP contribution in [0.15, 0.2) is 0 Å². The Morgan fingerprint density at radius 3 is 2.55 bits per heavy atom. The van der Waals surface area contributed by atoms with Crippen LogP contribution in [0.1, 0.15) is 47.0 Å². The number of nitrogens with one attached hydrogen (secondary N) is 1. The highest BCUT2D eigenvalue weighted by Crippen LogP contribution is 2.16. The van der Waals surface area contributed by atoms with Gasteiger partial charge in [0, 0.05) is 37.3 Å². The average Bonchev–Trinajstić information content (AvgIpc) is 2.36. The van der Waals surface area contributed by atoms with Gasteiger partial charge in [-0.05, 0) is 40.3 Å². The molecule has 20 heavy (non-hydrogen) atoms. The topological polar surface area (TPSA) is 38.7 Å². The van der Waals surface area contributed by atoms with E-state index in [-0.39, 0.29) is 12.1 Å². The summed E-state index contributed by atoms with van der Waals surface area (Å²) >= 11 is 0. The Labute approximate surface area is 125 Å². The minimum atomic E-state index is -0.123. The number of unbranched alkanes of at least 4 members (excludes halogenated alkanes) is 1. The van der Waals surface area contributed by atoms with Crippen LogP contribution in [0.2, 0.25) is 0 Å². The van der Waals surface area contributed by atoms with Crippen molar-refractivity contribution in [2.24, 2.45) is 0 Å². The second-order valence-corrected chi connectivity index (χ2v) is 7.12. The number of piperazine rings is 1. The van der Waals surface area contributed by atoms with Crippen LogP contribution in [0.3, 0.4) is 0 Å². The molecule has 0 aromatic carbocycles. The van der Waals surface area contributed by atoms with Gasteiger partial charge in [0.25, 0.3) is 0 Å². The Balaban J connectivity index is 2.23. The van der Waals surface area contributed by atoms with Crippen LogP contribution in [-0.2, 0) is 0 Å². The summed E-state index contributed by atoms with van der Waals surface area (Å²) in [5.41, 5.74) is -0.123. The highest BCUT2D eigenvalue weighted by atomic mass is 16.3.